The molecule has 1 heterocycles. The highest BCUT2D eigenvalue weighted by atomic mass is 32.2. The third kappa shape index (κ3) is 3.47. The number of sulfonamides is 1. The zero-order valence-electron chi connectivity index (χ0n) is 10.9. The molecule has 1 fully saturated rings. The molecule has 20 heavy (non-hydrogen) atoms. The first-order chi connectivity index (χ1) is 9.64. The first-order valence-electron chi connectivity index (χ1n) is 6.57. The molecule has 1 aliphatic rings. The number of hydrogen-bond acceptors (Lipinski definition) is 5. The highest BCUT2D eigenvalue weighted by molar-refractivity contribution is 7.92. The molecular weight excluding hydrogens is 296 g/mol. The van der Waals surface area contributed by atoms with Crippen LogP contribution in [0.4, 0.5) is 5.82 Å². The van der Waals surface area contributed by atoms with E-state index in [1.165, 1.54) is 24.4 Å². The molecule has 1 aromatic carbocycles. The third-order valence-electron chi connectivity index (χ3n) is 3.18. The number of nitrogens with zero attached hydrogens (tertiary/aromatic N) is 1. The lowest BCUT2D eigenvalue weighted by Gasteiger charge is -2.06. The Labute approximate surface area is 122 Å². The number of aromatic nitrogens is 1. The van der Waals surface area contributed by atoms with Crippen LogP contribution in [0.1, 0.15) is 12.8 Å². The smallest absolute Gasteiger partial charge is 0.236 e. The lowest BCUT2D eigenvalue weighted by atomic mass is 10.3. The Morgan fingerprint density at radius 1 is 1.35 bits per heavy atom. The summed E-state index contributed by atoms with van der Waals surface area (Å²) in [7, 11) is -3.40. The molecule has 0 atom stereocenters. The van der Waals surface area contributed by atoms with Crippen molar-refractivity contribution < 1.29 is 13.2 Å². The highest BCUT2D eigenvalue weighted by Crippen LogP contribution is 2.29. The average molecular weight is 312 g/mol. The maximum Gasteiger partial charge on any atom is 0.236 e. The van der Waals surface area contributed by atoms with Crippen molar-refractivity contribution in [2.75, 3.05) is 23.7 Å². The second-order valence-corrected chi connectivity index (χ2v) is 7.61. The minimum atomic E-state index is -3.40. The molecule has 0 aliphatic heterocycles. The summed E-state index contributed by atoms with van der Waals surface area (Å²) in [6.07, 6.45) is 2.41. The van der Waals surface area contributed by atoms with E-state index in [1.54, 1.807) is 0 Å². The number of anilines is 1. The van der Waals surface area contributed by atoms with Crippen molar-refractivity contribution in [3.8, 4) is 0 Å². The number of nitrogens with one attached hydrogen (secondary N) is 1. The fourth-order valence-corrected chi connectivity index (χ4v) is 3.54. The van der Waals surface area contributed by atoms with Gasteiger partial charge in [0.05, 0.1) is 17.1 Å². The molecule has 1 aliphatic carbocycles. The fraction of sp³-hybridized carbons (Fsp3) is 0.462. The molecular formula is C13H16N2O3S2. The second-order valence-electron chi connectivity index (χ2n) is 4.97. The summed E-state index contributed by atoms with van der Waals surface area (Å²) in [5.41, 5.74) is 0. The summed E-state index contributed by atoms with van der Waals surface area (Å²) in [6, 6.07) is 7.56. The standard InChI is InChI=1S/C13H16N2O3S2/c16-20(17,8-7-18-9-10-5-6-10)15-13-11-3-1-2-4-12(11)19-14-13/h1-4,10H,5-9H2,(H,14,15). The van der Waals surface area contributed by atoms with E-state index < -0.39 is 10.0 Å². The number of benzene rings is 1. The van der Waals surface area contributed by atoms with Gasteiger partial charge in [-0.25, -0.2) is 8.42 Å². The van der Waals surface area contributed by atoms with Gasteiger partial charge in [0, 0.05) is 12.0 Å². The van der Waals surface area contributed by atoms with Crippen LogP contribution in [0.15, 0.2) is 24.3 Å². The topological polar surface area (TPSA) is 68.3 Å². The largest absolute Gasteiger partial charge is 0.380 e. The average Bonchev–Trinajstić information content (AvgIpc) is 3.17. The van der Waals surface area contributed by atoms with Gasteiger partial charge in [0.25, 0.3) is 0 Å². The molecule has 1 saturated carbocycles. The van der Waals surface area contributed by atoms with Gasteiger partial charge in [-0.15, -0.1) is 0 Å². The molecule has 0 amide bonds. The number of ether oxygens (including phenoxy) is 1. The Morgan fingerprint density at radius 2 is 2.15 bits per heavy atom. The third-order valence-corrected chi connectivity index (χ3v) is 5.21. The van der Waals surface area contributed by atoms with Gasteiger partial charge in [-0.1, -0.05) is 12.1 Å². The van der Waals surface area contributed by atoms with Crippen molar-refractivity contribution in [3.63, 3.8) is 0 Å². The van der Waals surface area contributed by atoms with Crippen LogP contribution in [0.2, 0.25) is 0 Å². The molecule has 2 aromatic rings. The van der Waals surface area contributed by atoms with E-state index in [4.69, 9.17) is 4.74 Å². The van der Waals surface area contributed by atoms with E-state index in [1.807, 2.05) is 24.3 Å². The molecule has 7 heteroatoms. The molecule has 0 radical (unpaired) electrons. The summed E-state index contributed by atoms with van der Waals surface area (Å²) in [6.45, 7) is 0.906. The van der Waals surface area contributed by atoms with Crippen LogP contribution in [0.3, 0.4) is 0 Å². The van der Waals surface area contributed by atoms with Gasteiger partial charge in [-0.05, 0) is 42.4 Å². The van der Waals surface area contributed by atoms with E-state index in [2.05, 4.69) is 9.10 Å². The Morgan fingerprint density at radius 3 is 2.95 bits per heavy atom. The molecule has 108 valence electrons. The summed E-state index contributed by atoms with van der Waals surface area (Å²) < 4.78 is 37.0. The van der Waals surface area contributed by atoms with Gasteiger partial charge in [0.2, 0.25) is 10.0 Å². The van der Waals surface area contributed by atoms with E-state index in [9.17, 15) is 8.42 Å². The lowest BCUT2D eigenvalue weighted by molar-refractivity contribution is 0.138. The van der Waals surface area contributed by atoms with Crippen LogP contribution in [0, 0.1) is 5.92 Å². The summed E-state index contributed by atoms with van der Waals surface area (Å²) in [5, 5.41) is 0.833. The van der Waals surface area contributed by atoms with Crippen LogP contribution < -0.4 is 4.72 Å². The zero-order valence-corrected chi connectivity index (χ0v) is 12.5. The summed E-state index contributed by atoms with van der Waals surface area (Å²) in [5.74, 6) is 1.02. The normalized spacial score (nSPS) is 15.6. The summed E-state index contributed by atoms with van der Waals surface area (Å²) in [4.78, 5) is 0. The SMILES string of the molecule is O=S(=O)(CCOCC1CC1)Nc1nsc2ccccc12. The first-order valence-corrected chi connectivity index (χ1v) is 8.99. The van der Waals surface area contributed by atoms with Crippen LogP contribution >= 0.6 is 11.5 Å². The van der Waals surface area contributed by atoms with Crippen LogP contribution in [-0.2, 0) is 14.8 Å². The minimum Gasteiger partial charge on any atom is -0.380 e. The number of rotatable bonds is 7. The van der Waals surface area contributed by atoms with Gasteiger partial charge in [-0.2, -0.15) is 4.37 Å². The Balaban J connectivity index is 1.60. The van der Waals surface area contributed by atoms with E-state index in [0.717, 1.165) is 10.1 Å². The van der Waals surface area contributed by atoms with Crippen LogP contribution in [0.5, 0.6) is 0 Å². The summed E-state index contributed by atoms with van der Waals surface area (Å²) >= 11 is 1.29. The minimum absolute atomic E-state index is 0.0361. The van der Waals surface area contributed by atoms with Gasteiger partial charge in [-0.3, -0.25) is 4.72 Å². The van der Waals surface area contributed by atoms with Crippen molar-refractivity contribution in [1.29, 1.82) is 0 Å². The van der Waals surface area contributed by atoms with Gasteiger partial charge >= 0.3 is 0 Å². The Hall–Kier alpha value is -1.18. The molecule has 0 bridgehead atoms. The predicted octanol–water partition coefficient (Wildman–Crippen LogP) is 2.46. The molecule has 0 saturated heterocycles. The number of hydrogen-bond donors (Lipinski definition) is 1. The van der Waals surface area contributed by atoms with Crippen molar-refractivity contribution in [1.82, 2.24) is 4.37 Å². The van der Waals surface area contributed by atoms with Crippen molar-refractivity contribution >= 4 is 37.5 Å². The maximum absolute atomic E-state index is 12.0. The van der Waals surface area contributed by atoms with E-state index in [-0.39, 0.29) is 12.4 Å². The predicted molar refractivity (Wildman–Crippen MR) is 80.6 cm³/mol. The molecule has 5 nitrogen and oxygen atoms in total. The molecule has 1 N–H and O–H groups in total. The van der Waals surface area contributed by atoms with Gasteiger partial charge in [0.1, 0.15) is 0 Å². The monoisotopic (exact) mass is 312 g/mol. The quantitative estimate of drug-likeness (QED) is 0.797. The maximum atomic E-state index is 12.0. The molecule has 0 unspecified atom stereocenters. The lowest BCUT2D eigenvalue weighted by Crippen LogP contribution is -2.20. The zero-order chi connectivity index (χ0) is 14.0. The van der Waals surface area contributed by atoms with Crippen molar-refractivity contribution in [2.24, 2.45) is 5.92 Å². The van der Waals surface area contributed by atoms with Gasteiger partial charge in [0.15, 0.2) is 5.82 Å². The number of fused-ring (bicyclic) bond motifs is 1. The van der Waals surface area contributed by atoms with Crippen LogP contribution in [-0.4, -0.2) is 31.8 Å². The van der Waals surface area contributed by atoms with Gasteiger partial charge < -0.3 is 4.74 Å². The van der Waals surface area contributed by atoms with E-state index in [0.29, 0.717) is 18.3 Å². The van der Waals surface area contributed by atoms with Crippen molar-refractivity contribution in [3.05, 3.63) is 24.3 Å². The fourth-order valence-electron chi connectivity index (χ4n) is 1.86. The Kier molecular flexibility index (Phi) is 3.91. The highest BCUT2D eigenvalue weighted by Gasteiger charge is 2.21. The Bertz CT molecular complexity index is 692. The molecule has 0 spiro atoms. The second kappa shape index (κ2) is 5.67. The first kappa shape index (κ1) is 13.8. The van der Waals surface area contributed by atoms with Crippen LogP contribution in [0.25, 0.3) is 10.1 Å². The molecule has 1 aromatic heterocycles. The van der Waals surface area contributed by atoms with Crippen molar-refractivity contribution in [2.45, 2.75) is 12.8 Å². The van der Waals surface area contributed by atoms with E-state index >= 15 is 0 Å². The molecule has 3 rings (SSSR count).